The lowest BCUT2D eigenvalue weighted by Gasteiger charge is -2.08. The molecule has 15 heavy (non-hydrogen) atoms. The quantitative estimate of drug-likeness (QED) is 0.730. The Hall–Kier alpha value is -1.27. The van der Waals surface area contributed by atoms with E-state index >= 15 is 0 Å². The number of rotatable bonds is 1. The smallest absolute Gasteiger partial charge is 0.242 e. The van der Waals surface area contributed by atoms with Gasteiger partial charge in [-0.15, -0.1) is 0 Å². The molecule has 5 nitrogen and oxygen atoms in total. The monoisotopic (exact) mass is 228 g/mol. The van der Waals surface area contributed by atoms with Crippen LogP contribution in [0.2, 0.25) is 0 Å². The van der Waals surface area contributed by atoms with E-state index in [1.165, 1.54) is 13.2 Å². The summed E-state index contributed by atoms with van der Waals surface area (Å²) < 4.78 is 31.0. The number of benzene rings is 1. The van der Waals surface area contributed by atoms with Gasteiger partial charge in [-0.1, -0.05) is 0 Å². The number of sulfonamides is 1. The molecule has 6 heteroatoms. The number of methoxy groups -OCH3 is 1. The van der Waals surface area contributed by atoms with Gasteiger partial charge in [0, 0.05) is 19.2 Å². The minimum absolute atomic E-state index is 0.236. The summed E-state index contributed by atoms with van der Waals surface area (Å²) in [7, 11) is -1.90. The lowest BCUT2D eigenvalue weighted by Crippen LogP contribution is -2.25. The highest BCUT2D eigenvalue weighted by Gasteiger charge is 2.21. The summed E-state index contributed by atoms with van der Waals surface area (Å²) in [5.41, 5.74) is 0.612. The first kappa shape index (κ1) is 10.3. The van der Waals surface area contributed by atoms with Crippen molar-refractivity contribution in [2.75, 3.05) is 25.5 Å². The van der Waals surface area contributed by atoms with Gasteiger partial charge in [-0.05, 0) is 12.1 Å². The summed E-state index contributed by atoms with van der Waals surface area (Å²) in [4.78, 5) is 0.236. The van der Waals surface area contributed by atoms with E-state index in [-0.39, 0.29) is 4.90 Å². The number of ether oxygens (including phenoxy) is 1. The van der Waals surface area contributed by atoms with Gasteiger partial charge < -0.3 is 10.1 Å². The van der Waals surface area contributed by atoms with Crippen LogP contribution in [0.3, 0.4) is 0 Å². The minimum atomic E-state index is -3.40. The number of fused-ring (bicyclic) bond motifs is 1. The van der Waals surface area contributed by atoms with Crippen molar-refractivity contribution in [3.8, 4) is 5.75 Å². The lowest BCUT2D eigenvalue weighted by atomic mass is 10.3. The number of nitrogens with one attached hydrogen (secondary N) is 2. The molecule has 0 spiro atoms. The average Bonchev–Trinajstić information content (AvgIpc) is 2.37. The van der Waals surface area contributed by atoms with Crippen LogP contribution in [0, 0.1) is 0 Å². The van der Waals surface area contributed by atoms with Crippen LogP contribution >= 0.6 is 0 Å². The molecule has 0 aliphatic carbocycles. The third kappa shape index (κ3) is 1.91. The molecule has 0 saturated heterocycles. The Morgan fingerprint density at radius 3 is 2.87 bits per heavy atom. The third-order valence-electron chi connectivity index (χ3n) is 2.21. The zero-order chi connectivity index (χ0) is 10.9. The van der Waals surface area contributed by atoms with Gasteiger partial charge in [0.2, 0.25) is 10.0 Å². The molecule has 2 rings (SSSR count). The molecule has 82 valence electrons. The van der Waals surface area contributed by atoms with Crippen molar-refractivity contribution in [2.24, 2.45) is 0 Å². The molecule has 1 aliphatic rings. The van der Waals surface area contributed by atoms with Crippen LogP contribution in [-0.2, 0) is 10.0 Å². The Morgan fingerprint density at radius 2 is 2.13 bits per heavy atom. The Labute approximate surface area is 88.5 Å². The molecule has 1 aromatic carbocycles. The molecule has 0 saturated carbocycles. The Kier molecular flexibility index (Phi) is 2.54. The maximum absolute atomic E-state index is 11.8. The number of hydrogen-bond donors (Lipinski definition) is 2. The molecule has 0 fully saturated rings. The molecular formula is C9H12N2O3S. The van der Waals surface area contributed by atoms with Crippen LogP contribution in [0.25, 0.3) is 0 Å². The summed E-state index contributed by atoms with van der Waals surface area (Å²) >= 11 is 0. The van der Waals surface area contributed by atoms with Crippen molar-refractivity contribution < 1.29 is 13.2 Å². The fraction of sp³-hybridized carbons (Fsp3) is 0.333. The molecular weight excluding hydrogens is 216 g/mol. The second kappa shape index (κ2) is 3.71. The maximum Gasteiger partial charge on any atom is 0.242 e. The SMILES string of the molecule is COc1ccc2c(c1)S(=O)(=O)NCCN2. The first-order chi connectivity index (χ1) is 7.13. The summed E-state index contributed by atoms with van der Waals surface area (Å²) in [6.45, 7) is 0.970. The van der Waals surface area contributed by atoms with Gasteiger partial charge in [-0.25, -0.2) is 13.1 Å². The van der Waals surface area contributed by atoms with Gasteiger partial charge in [0.05, 0.1) is 12.8 Å². The van der Waals surface area contributed by atoms with Gasteiger partial charge in [-0.3, -0.25) is 0 Å². The molecule has 1 aromatic rings. The van der Waals surface area contributed by atoms with E-state index in [2.05, 4.69) is 10.0 Å². The van der Waals surface area contributed by atoms with Gasteiger partial charge in [-0.2, -0.15) is 0 Å². The van der Waals surface area contributed by atoms with Crippen molar-refractivity contribution in [2.45, 2.75) is 4.90 Å². The van der Waals surface area contributed by atoms with Crippen molar-refractivity contribution in [3.05, 3.63) is 18.2 Å². The van der Waals surface area contributed by atoms with Crippen LogP contribution < -0.4 is 14.8 Å². The zero-order valence-electron chi connectivity index (χ0n) is 8.28. The van der Waals surface area contributed by atoms with Crippen molar-refractivity contribution in [3.63, 3.8) is 0 Å². The van der Waals surface area contributed by atoms with E-state index in [0.29, 0.717) is 24.5 Å². The highest BCUT2D eigenvalue weighted by molar-refractivity contribution is 7.89. The maximum atomic E-state index is 11.8. The summed E-state index contributed by atoms with van der Waals surface area (Å²) in [6.07, 6.45) is 0. The van der Waals surface area contributed by atoms with E-state index in [4.69, 9.17) is 4.74 Å². The highest BCUT2D eigenvalue weighted by atomic mass is 32.2. The minimum Gasteiger partial charge on any atom is -0.497 e. The van der Waals surface area contributed by atoms with Gasteiger partial charge >= 0.3 is 0 Å². The first-order valence-electron chi connectivity index (χ1n) is 4.55. The molecule has 0 amide bonds. The molecule has 0 aromatic heterocycles. The Morgan fingerprint density at radius 1 is 1.33 bits per heavy atom. The fourth-order valence-corrected chi connectivity index (χ4v) is 2.69. The van der Waals surface area contributed by atoms with Crippen LogP contribution in [0.1, 0.15) is 0 Å². The Balaban J connectivity index is 2.59. The lowest BCUT2D eigenvalue weighted by molar-refractivity contribution is 0.413. The molecule has 0 radical (unpaired) electrons. The molecule has 1 aliphatic heterocycles. The first-order valence-corrected chi connectivity index (χ1v) is 6.03. The second-order valence-electron chi connectivity index (χ2n) is 3.19. The molecule has 2 N–H and O–H groups in total. The number of anilines is 1. The van der Waals surface area contributed by atoms with Gasteiger partial charge in [0.1, 0.15) is 10.6 Å². The third-order valence-corrected chi connectivity index (χ3v) is 3.71. The van der Waals surface area contributed by atoms with E-state index < -0.39 is 10.0 Å². The normalized spacial score (nSPS) is 18.5. The summed E-state index contributed by atoms with van der Waals surface area (Å²) in [5, 5.41) is 3.03. The van der Waals surface area contributed by atoms with Gasteiger partial charge in [0.25, 0.3) is 0 Å². The van der Waals surface area contributed by atoms with Crippen molar-refractivity contribution in [1.82, 2.24) is 4.72 Å². The Bertz CT molecular complexity index is 470. The average molecular weight is 228 g/mol. The molecule has 0 bridgehead atoms. The zero-order valence-corrected chi connectivity index (χ0v) is 9.10. The summed E-state index contributed by atoms with van der Waals surface area (Å²) in [6, 6.07) is 4.95. The summed E-state index contributed by atoms with van der Waals surface area (Å²) in [5.74, 6) is 0.530. The van der Waals surface area contributed by atoms with Crippen molar-refractivity contribution >= 4 is 15.7 Å². The second-order valence-corrected chi connectivity index (χ2v) is 4.92. The largest absolute Gasteiger partial charge is 0.497 e. The molecule has 0 atom stereocenters. The predicted octanol–water partition coefficient (Wildman–Crippen LogP) is 0.399. The van der Waals surface area contributed by atoms with E-state index in [0.717, 1.165) is 0 Å². The van der Waals surface area contributed by atoms with E-state index in [1.807, 2.05) is 0 Å². The number of hydrogen-bond acceptors (Lipinski definition) is 4. The van der Waals surface area contributed by atoms with Crippen LogP contribution in [0.15, 0.2) is 23.1 Å². The van der Waals surface area contributed by atoms with Crippen LogP contribution in [0.4, 0.5) is 5.69 Å². The topological polar surface area (TPSA) is 67.4 Å². The van der Waals surface area contributed by atoms with E-state index in [1.54, 1.807) is 12.1 Å². The van der Waals surface area contributed by atoms with Crippen molar-refractivity contribution in [1.29, 1.82) is 0 Å². The fourth-order valence-electron chi connectivity index (χ4n) is 1.46. The molecule has 0 unspecified atom stereocenters. The highest BCUT2D eigenvalue weighted by Crippen LogP contribution is 2.27. The van der Waals surface area contributed by atoms with Crippen LogP contribution in [0.5, 0.6) is 5.75 Å². The standard InChI is InChI=1S/C9H12N2O3S/c1-14-7-2-3-8-9(6-7)15(12,13)11-5-4-10-8/h2-3,6,10-11H,4-5H2,1H3. The van der Waals surface area contributed by atoms with Gasteiger partial charge in [0.15, 0.2) is 0 Å². The predicted molar refractivity (Wildman–Crippen MR) is 56.7 cm³/mol. The van der Waals surface area contributed by atoms with E-state index in [9.17, 15) is 8.42 Å². The van der Waals surface area contributed by atoms with Crippen LogP contribution in [-0.4, -0.2) is 28.6 Å². The molecule has 1 heterocycles.